The van der Waals surface area contributed by atoms with Gasteiger partial charge in [-0.3, -0.25) is 0 Å². The van der Waals surface area contributed by atoms with Gasteiger partial charge >= 0.3 is 155 Å². The molecule has 3 aromatic carbocycles. The monoisotopic (exact) mass is 503 g/mol. The summed E-state index contributed by atoms with van der Waals surface area (Å²) in [5.41, 5.74) is 0. The summed E-state index contributed by atoms with van der Waals surface area (Å²) in [6.07, 6.45) is 0. The van der Waals surface area contributed by atoms with E-state index in [0.29, 0.717) is 0 Å². The van der Waals surface area contributed by atoms with Gasteiger partial charge in [-0.15, -0.1) is 0 Å². The molecule has 0 fully saturated rings. The average molecular weight is 503 g/mol. The van der Waals surface area contributed by atoms with Crippen LogP contribution in [0.5, 0.6) is 0 Å². The second kappa shape index (κ2) is 7.19. The topological polar surface area (TPSA) is 0 Å². The van der Waals surface area contributed by atoms with Crippen LogP contribution in [-0.2, 0) is 0 Å². The summed E-state index contributed by atoms with van der Waals surface area (Å²) in [5.74, 6) is 0. The van der Waals surface area contributed by atoms with Gasteiger partial charge in [0.05, 0.1) is 0 Å². The van der Waals surface area contributed by atoms with Gasteiger partial charge in [-0.25, -0.2) is 0 Å². The van der Waals surface area contributed by atoms with Crippen molar-refractivity contribution in [1.29, 1.82) is 0 Å². The van der Waals surface area contributed by atoms with Crippen LogP contribution < -0.4 is 0 Å². The van der Waals surface area contributed by atoms with Crippen molar-refractivity contribution in [2.45, 2.75) is 0 Å². The molecule has 0 aliphatic carbocycles. The van der Waals surface area contributed by atoms with Crippen molar-refractivity contribution >= 4 is 27.6 Å². The first-order chi connectivity index (χ1) is 11.9. The number of rotatable bonds is 3. The third-order valence-electron chi connectivity index (χ3n) is 2.85. The molecular formula is C18H15F6IP-. The minimum atomic E-state index is -10.7. The van der Waals surface area contributed by atoms with Crippen LogP contribution in [0.3, 0.4) is 0 Å². The summed E-state index contributed by atoms with van der Waals surface area (Å²) in [4.78, 5) is 0. The second-order valence-electron chi connectivity index (χ2n) is 5.13. The molecule has 0 saturated carbocycles. The van der Waals surface area contributed by atoms with Gasteiger partial charge in [-0.2, -0.15) is 0 Å². The van der Waals surface area contributed by atoms with Crippen LogP contribution in [0.25, 0.3) is 0 Å². The van der Waals surface area contributed by atoms with Crippen LogP contribution in [-0.4, -0.2) is 0 Å². The van der Waals surface area contributed by atoms with Gasteiger partial charge < -0.3 is 0 Å². The predicted molar refractivity (Wildman–Crippen MR) is 103 cm³/mol. The molecule has 0 aliphatic heterocycles. The van der Waals surface area contributed by atoms with Crippen molar-refractivity contribution in [3.63, 3.8) is 0 Å². The number of halogens is 7. The van der Waals surface area contributed by atoms with Gasteiger partial charge in [0.25, 0.3) is 0 Å². The second-order valence-corrected chi connectivity index (χ2v) is 12.4. The number of benzene rings is 3. The van der Waals surface area contributed by atoms with Gasteiger partial charge in [-0.1, -0.05) is 0 Å². The molecule has 142 valence electrons. The van der Waals surface area contributed by atoms with Gasteiger partial charge in [0, 0.05) is 0 Å². The Labute approximate surface area is 154 Å². The van der Waals surface area contributed by atoms with Crippen LogP contribution in [0.15, 0.2) is 91.0 Å². The normalized spacial score (nSPS) is 14.3. The zero-order chi connectivity index (χ0) is 19.3. The van der Waals surface area contributed by atoms with E-state index in [-0.39, 0.29) is 0 Å². The van der Waals surface area contributed by atoms with E-state index in [0.717, 1.165) is 0 Å². The van der Waals surface area contributed by atoms with Crippen molar-refractivity contribution in [2.75, 3.05) is 0 Å². The maximum atomic E-state index is 9.87. The Kier molecular flexibility index (Phi) is 5.73. The zero-order valence-corrected chi connectivity index (χ0v) is 16.3. The SMILES string of the molecule is F[P-](F)(F)(F)(F)F.c1ccc(I(c2ccccc2)c2ccccc2)cc1. The fourth-order valence-electron chi connectivity index (χ4n) is 2.00. The molecule has 26 heavy (non-hydrogen) atoms. The fourth-order valence-corrected chi connectivity index (χ4v) is 7.56. The van der Waals surface area contributed by atoms with Gasteiger partial charge in [0.2, 0.25) is 0 Å². The predicted octanol–water partition coefficient (Wildman–Crippen LogP) is 8.48. The quantitative estimate of drug-likeness (QED) is 0.191. The Morgan fingerprint density at radius 1 is 0.423 bits per heavy atom. The Balaban J connectivity index is 0.000000298. The summed E-state index contributed by atoms with van der Waals surface area (Å²) in [5, 5.41) is 0. The van der Waals surface area contributed by atoms with E-state index >= 15 is 0 Å². The summed E-state index contributed by atoms with van der Waals surface area (Å²) >= 11 is -1.52. The first-order valence-corrected chi connectivity index (χ1v) is 12.6. The van der Waals surface area contributed by atoms with E-state index in [1.165, 1.54) is 10.7 Å². The van der Waals surface area contributed by atoms with Gasteiger partial charge in [0.15, 0.2) is 0 Å². The molecule has 0 saturated heterocycles. The molecule has 8 heteroatoms. The van der Waals surface area contributed by atoms with Gasteiger partial charge in [0.1, 0.15) is 0 Å². The van der Waals surface area contributed by atoms with Crippen LogP contribution >= 0.6 is 27.6 Å². The van der Waals surface area contributed by atoms with Crippen LogP contribution in [0, 0.1) is 10.7 Å². The minimum absolute atomic E-state index is 1.49. The standard InChI is InChI=1S/C18H15I.F6P/c1-4-10-16(11-5-1)19(17-12-6-2-7-13-17)18-14-8-3-9-15-18;1-7(2,3,4,5)6/h1-15H;/q;-1. The van der Waals surface area contributed by atoms with E-state index in [1.54, 1.807) is 0 Å². The molecule has 0 heterocycles. The number of hydrogen-bond acceptors (Lipinski definition) is 0. The molecule has 0 radical (unpaired) electrons. The summed E-state index contributed by atoms with van der Waals surface area (Å²) in [6, 6.07) is 32.8. The summed E-state index contributed by atoms with van der Waals surface area (Å²) in [7, 11) is -10.7. The average Bonchev–Trinajstić information content (AvgIpc) is 2.55. The number of hydrogen-bond donors (Lipinski definition) is 0. The third-order valence-corrected chi connectivity index (χ3v) is 8.75. The molecule has 0 aromatic heterocycles. The van der Waals surface area contributed by atoms with Crippen molar-refractivity contribution in [3.05, 3.63) is 102 Å². The molecule has 0 spiro atoms. The van der Waals surface area contributed by atoms with Crippen molar-refractivity contribution in [2.24, 2.45) is 0 Å². The van der Waals surface area contributed by atoms with Crippen molar-refractivity contribution in [1.82, 2.24) is 0 Å². The fraction of sp³-hybridized carbons (Fsp3) is 0. The van der Waals surface area contributed by atoms with Crippen LogP contribution in [0.2, 0.25) is 0 Å². The molecular weight excluding hydrogens is 488 g/mol. The zero-order valence-electron chi connectivity index (χ0n) is 13.3. The summed E-state index contributed by atoms with van der Waals surface area (Å²) in [6.45, 7) is 0. The molecule has 0 N–H and O–H groups in total. The van der Waals surface area contributed by atoms with Crippen LogP contribution in [0.4, 0.5) is 25.2 Å². The van der Waals surface area contributed by atoms with E-state index in [9.17, 15) is 25.2 Å². The molecule has 0 aliphatic rings. The Morgan fingerprint density at radius 2 is 0.615 bits per heavy atom. The van der Waals surface area contributed by atoms with Crippen molar-refractivity contribution in [3.8, 4) is 0 Å². The molecule has 3 aromatic rings. The molecule has 0 bridgehead atoms. The van der Waals surface area contributed by atoms with E-state index in [2.05, 4.69) is 91.0 Å². The molecule has 0 atom stereocenters. The van der Waals surface area contributed by atoms with E-state index in [1.807, 2.05) is 0 Å². The van der Waals surface area contributed by atoms with E-state index in [4.69, 9.17) is 0 Å². The Morgan fingerprint density at radius 3 is 0.808 bits per heavy atom. The summed E-state index contributed by atoms with van der Waals surface area (Å²) < 4.78 is 63.7. The third kappa shape index (κ3) is 8.67. The van der Waals surface area contributed by atoms with Crippen LogP contribution in [0.1, 0.15) is 0 Å². The Bertz CT molecular complexity index is 716. The molecule has 0 nitrogen and oxygen atoms in total. The molecule has 0 unspecified atom stereocenters. The van der Waals surface area contributed by atoms with Crippen molar-refractivity contribution < 1.29 is 25.2 Å². The van der Waals surface area contributed by atoms with E-state index < -0.39 is 27.6 Å². The first-order valence-electron chi connectivity index (χ1n) is 7.31. The Hall–Kier alpha value is -1.60. The maximum absolute atomic E-state index is 10.7. The molecule has 0 amide bonds. The van der Waals surface area contributed by atoms with Gasteiger partial charge in [-0.05, 0) is 0 Å². The first kappa shape index (κ1) is 20.7. The molecule has 3 rings (SSSR count).